The van der Waals surface area contributed by atoms with Gasteiger partial charge in [0.05, 0.1) is 0 Å². The molecule has 1 amide bonds. The Morgan fingerprint density at radius 3 is 2.38 bits per heavy atom. The summed E-state index contributed by atoms with van der Waals surface area (Å²) in [6, 6.07) is 0.971. The highest BCUT2D eigenvalue weighted by Crippen LogP contribution is 2.44. The highest BCUT2D eigenvalue weighted by molar-refractivity contribution is 5.69. The second kappa shape index (κ2) is 6.11. The van der Waals surface area contributed by atoms with Crippen LogP contribution in [0.3, 0.4) is 0 Å². The zero-order chi connectivity index (χ0) is 18.5. The van der Waals surface area contributed by atoms with Gasteiger partial charge in [-0.15, -0.1) is 0 Å². The minimum atomic E-state index is -0.875. The smallest absolute Gasteiger partial charge is 0.410 e. The number of piperidine rings is 1. The molecule has 1 aliphatic heterocycles. The molecular weight excluding hydrogens is 336 g/mol. The number of anilines is 1. The summed E-state index contributed by atoms with van der Waals surface area (Å²) >= 11 is 0. The molecule has 1 saturated heterocycles. The maximum atomic E-state index is 12.6. The lowest BCUT2D eigenvalue weighted by atomic mass is 10.0. The van der Waals surface area contributed by atoms with E-state index < -0.39 is 11.2 Å². The van der Waals surface area contributed by atoms with E-state index in [1.54, 1.807) is 0 Å². The number of aliphatic hydroxyl groups is 1. The molecule has 2 aliphatic carbocycles. The number of ether oxygens (including phenoxy) is 1. The Labute approximate surface area is 153 Å². The Hall–Kier alpha value is -1.83. The number of hydrogen-bond acceptors (Lipinski definition) is 7. The molecule has 0 radical (unpaired) electrons. The summed E-state index contributed by atoms with van der Waals surface area (Å²) in [5.41, 5.74) is -1.35. The molecule has 3 fully saturated rings. The van der Waals surface area contributed by atoms with Gasteiger partial charge < -0.3 is 24.2 Å². The molecule has 144 valence electrons. The van der Waals surface area contributed by atoms with E-state index in [0.29, 0.717) is 30.7 Å². The van der Waals surface area contributed by atoms with Crippen molar-refractivity contribution in [1.29, 1.82) is 0 Å². The number of rotatable bonds is 4. The van der Waals surface area contributed by atoms with Gasteiger partial charge in [-0.2, -0.15) is 4.98 Å². The van der Waals surface area contributed by atoms with Crippen molar-refractivity contribution in [1.82, 2.24) is 15.0 Å². The van der Waals surface area contributed by atoms with Gasteiger partial charge in [-0.3, -0.25) is 0 Å². The second-order valence-corrected chi connectivity index (χ2v) is 8.77. The van der Waals surface area contributed by atoms with Gasteiger partial charge in [-0.1, -0.05) is 5.16 Å². The third kappa shape index (κ3) is 3.65. The van der Waals surface area contributed by atoms with Crippen molar-refractivity contribution in [2.24, 2.45) is 0 Å². The van der Waals surface area contributed by atoms with Crippen molar-refractivity contribution in [3.63, 3.8) is 0 Å². The molecule has 0 spiro atoms. The van der Waals surface area contributed by atoms with E-state index in [1.165, 1.54) is 0 Å². The average molecular weight is 364 g/mol. The molecule has 1 N–H and O–H groups in total. The zero-order valence-corrected chi connectivity index (χ0v) is 15.8. The van der Waals surface area contributed by atoms with E-state index in [0.717, 1.165) is 38.8 Å². The minimum Gasteiger partial charge on any atom is -0.444 e. The number of aromatic nitrogens is 2. The van der Waals surface area contributed by atoms with Crippen LogP contribution in [-0.2, 0) is 10.3 Å². The van der Waals surface area contributed by atoms with Gasteiger partial charge >= 0.3 is 12.1 Å². The highest BCUT2D eigenvalue weighted by Gasteiger charge is 2.47. The van der Waals surface area contributed by atoms with Gasteiger partial charge in [0.2, 0.25) is 5.82 Å². The standard InChI is InChI=1S/C18H28N4O4/c1-17(2,3)25-16(23)22(12-4-5-12)13-6-10-21(11-7-13)15-19-14(20-26-15)18(24)8-9-18/h12-13,24H,4-11H2,1-3H3. The molecule has 1 aromatic heterocycles. The van der Waals surface area contributed by atoms with Gasteiger partial charge in [0.1, 0.15) is 11.2 Å². The molecular formula is C18H28N4O4. The fraction of sp³-hybridized carbons (Fsp3) is 0.833. The molecule has 0 aromatic carbocycles. The number of amides is 1. The van der Waals surface area contributed by atoms with Gasteiger partial charge in [-0.05, 0) is 59.3 Å². The molecule has 3 aliphatic rings. The third-order valence-corrected chi connectivity index (χ3v) is 5.23. The van der Waals surface area contributed by atoms with Crippen LogP contribution in [-0.4, -0.2) is 57.0 Å². The maximum absolute atomic E-state index is 12.6. The predicted octanol–water partition coefficient (Wildman–Crippen LogP) is 2.42. The Bertz CT molecular complexity index is 667. The van der Waals surface area contributed by atoms with Crippen LogP contribution >= 0.6 is 0 Å². The van der Waals surface area contributed by atoms with Crippen molar-refractivity contribution in [2.45, 2.75) is 82.6 Å². The summed E-state index contributed by atoms with van der Waals surface area (Å²) in [6.07, 6.45) is 5.00. The second-order valence-electron chi connectivity index (χ2n) is 8.77. The third-order valence-electron chi connectivity index (χ3n) is 5.23. The molecule has 0 bridgehead atoms. The number of nitrogens with zero attached hydrogens (tertiary/aromatic N) is 4. The number of carbonyl (C=O) groups excluding carboxylic acids is 1. The first-order valence-electron chi connectivity index (χ1n) is 9.58. The van der Waals surface area contributed by atoms with Crippen LogP contribution in [0.25, 0.3) is 0 Å². The van der Waals surface area contributed by atoms with Gasteiger partial charge in [0, 0.05) is 25.2 Å². The van der Waals surface area contributed by atoms with E-state index in [4.69, 9.17) is 9.26 Å². The van der Waals surface area contributed by atoms with Crippen LogP contribution in [0, 0.1) is 0 Å². The van der Waals surface area contributed by atoms with Crippen LogP contribution in [0.5, 0.6) is 0 Å². The molecule has 8 heteroatoms. The van der Waals surface area contributed by atoms with Crippen LogP contribution in [0.4, 0.5) is 10.8 Å². The lowest BCUT2D eigenvalue weighted by Crippen LogP contribution is -2.50. The van der Waals surface area contributed by atoms with Crippen molar-refractivity contribution in [2.75, 3.05) is 18.0 Å². The summed E-state index contributed by atoms with van der Waals surface area (Å²) in [5, 5.41) is 14.0. The Morgan fingerprint density at radius 2 is 1.85 bits per heavy atom. The van der Waals surface area contributed by atoms with Crippen molar-refractivity contribution >= 4 is 12.1 Å². The van der Waals surface area contributed by atoms with Crippen molar-refractivity contribution in [3.05, 3.63) is 5.82 Å². The maximum Gasteiger partial charge on any atom is 0.410 e. The first-order chi connectivity index (χ1) is 12.3. The predicted molar refractivity (Wildman–Crippen MR) is 93.8 cm³/mol. The van der Waals surface area contributed by atoms with Gasteiger partial charge in [0.25, 0.3) is 0 Å². The Morgan fingerprint density at radius 1 is 1.23 bits per heavy atom. The summed E-state index contributed by atoms with van der Waals surface area (Å²) in [6.45, 7) is 7.20. The molecule has 2 heterocycles. The van der Waals surface area contributed by atoms with E-state index >= 15 is 0 Å². The molecule has 26 heavy (non-hydrogen) atoms. The summed E-state index contributed by atoms with van der Waals surface area (Å²) in [5.74, 6) is 0.392. The SMILES string of the molecule is CC(C)(C)OC(=O)N(C1CC1)C1CCN(c2nc(C3(O)CC3)no2)CC1. The lowest BCUT2D eigenvalue weighted by Gasteiger charge is -2.38. The van der Waals surface area contributed by atoms with Crippen molar-refractivity contribution in [3.8, 4) is 0 Å². The van der Waals surface area contributed by atoms with E-state index in [-0.39, 0.29) is 12.1 Å². The monoisotopic (exact) mass is 364 g/mol. The Kier molecular flexibility index (Phi) is 4.13. The number of carbonyl (C=O) groups is 1. The summed E-state index contributed by atoms with van der Waals surface area (Å²) < 4.78 is 11.0. The van der Waals surface area contributed by atoms with E-state index in [9.17, 15) is 9.90 Å². The molecule has 0 unspecified atom stereocenters. The van der Waals surface area contributed by atoms with Crippen LogP contribution < -0.4 is 4.90 Å². The largest absolute Gasteiger partial charge is 0.444 e. The lowest BCUT2D eigenvalue weighted by molar-refractivity contribution is 0.0113. The Balaban J connectivity index is 1.37. The van der Waals surface area contributed by atoms with E-state index in [1.807, 2.05) is 30.6 Å². The quantitative estimate of drug-likeness (QED) is 0.877. The molecule has 0 atom stereocenters. The molecule has 1 aromatic rings. The zero-order valence-electron chi connectivity index (χ0n) is 15.8. The van der Waals surface area contributed by atoms with Gasteiger partial charge in [-0.25, -0.2) is 4.79 Å². The van der Waals surface area contributed by atoms with Crippen LogP contribution in [0.15, 0.2) is 4.52 Å². The normalized spacial score (nSPS) is 23.0. The number of hydrogen-bond donors (Lipinski definition) is 1. The fourth-order valence-corrected chi connectivity index (χ4v) is 3.47. The summed E-state index contributed by atoms with van der Waals surface area (Å²) in [7, 11) is 0. The first kappa shape index (κ1) is 17.6. The van der Waals surface area contributed by atoms with Crippen LogP contribution in [0.2, 0.25) is 0 Å². The molecule has 8 nitrogen and oxygen atoms in total. The first-order valence-corrected chi connectivity index (χ1v) is 9.58. The molecule has 2 saturated carbocycles. The van der Waals surface area contributed by atoms with E-state index in [2.05, 4.69) is 10.1 Å². The fourth-order valence-electron chi connectivity index (χ4n) is 3.47. The minimum absolute atomic E-state index is 0.184. The summed E-state index contributed by atoms with van der Waals surface area (Å²) in [4.78, 5) is 21.0. The van der Waals surface area contributed by atoms with Crippen molar-refractivity contribution < 1.29 is 19.2 Å². The van der Waals surface area contributed by atoms with Gasteiger partial charge in [0.15, 0.2) is 0 Å². The average Bonchev–Trinajstić information content (AvgIpc) is 3.47. The molecule has 4 rings (SSSR count). The topological polar surface area (TPSA) is 91.9 Å². The van der Waals surface area contributed by atoms with Crippen LogP contribution in [0.1, 0.15) is 65.1 Å². The highest BCUT2D eigenvalue weighted by atomic mass is 16.6.